The van der Waals surface area contributed by atoms with Crippen LogP contribution in [0, 0.1) is 23.2 Å². The summed E-state index contributed by atoms with van der Waals surface area (Å²) in [5, 5.41) is 25.6. The highest BCUT2D eigenvalue weighted by Crippen LogP contribution is 2.31. The van der Waals surface area contributed by atoms with Crippen LogP contribution in [-0.2, 0) is 7.05 Å². The summed E-state index contributed by atoms with van der Waals surface area (Å²) >= 11 is 0.997. The number of hydrogen-bond donors (Lipinski definition) is 2. The molecule has 0 spiro atoms. The van der Waals surface area contributed by atoms with Crippen LogP contribution in [0.5, 0.6) is 0 Å². The molecule has 2 aromatic carbocycles. The molecule has 0 aliphatic rings. The molecule has 1 aromatic heterocycles. The lowest BCUT2D eigenvalue weighted by Crippen LogP contribution is -2.21. The van der Waals surface area contributed by atoms with Crippen LogP contribution in [0.1, 0.15) is 67.5 Å². The Morgan fingerprint density at radius 1 is 1.00 bits per heavy atom. The van der Waals surface area contributed by atoms with E-state index in [0.717, 1.165) is 59.9 Å². The van der Waals surface area contributed by atoms with E-state index in [1.807, 2.05) is 20.0 Å². The van der Waals surface area contributed by atoms with Crippen LogP contribution in [0.15, 0.2) is 53.4 Å². The minimum absolute atomic E-state index is 0.331. The Hall–Kier alpha value is -2.72. The van der Waals surface area contributed by atoms with E-state index in [9.17, 15) is 5.26 Å². The summed E-state index contributed by atoms with van der Waals surface area (Å²) in [4.78, 5) is 2.89. The van der Waals surface area contributed by atoms with Crippen molar-refractivity contribution in [2.24, 2.45) is 24.0 Å². The van der Waals surface area contributed by atoms with Crippen molar-refractivity contribution < 1.29 is 5.11 Å². The van der Waals surface area contributed by atoms with Gasteiger partial charge in [-0.15, -0.1) is 0 Å². The standard InChI is InChI=1S/C23H26N4S.C5H12O.C4H10/c1-5-27(6-2)20-10-9-17-13-19(8-7-18(17)14-20)22-12-11-21(26(22)4)16(3)23(15-24)28-25;1-5(2)3-4-6;1-4(2)3/h7-14H,5-6,25H2,1-4H3;5-6H,3-4H2,1-2H3;4H,1-3H3/b23-16+;;. The minimum Gasteiger partial charge on any atom is -0.396 e. The summed E-state index contributed by atoms with van der Waals surface area (Å²) in [6.45, 7) is 19.3. The van der Waals surface area contributed by atoms with Gasteiger partial charge < -0.3 is 14.6 Å². The monoisotopic (exact) mass is 536 g/mol. The van der Waals surface area contributed by atoms with Crippen molar-refractivity contribution in [1.29, 1.82) is 5.26 Å². The van der Waals surface area contributed by atoms with Crippen LogP contribution < -0.4 is 10.0 Å². The summed E-state index contributed by atoms with van der Waals surface area (Å²) in [7, 11) is 2.03. The van der Waals surface area contributed by atoms with Gasteiger partial charge in [0.15, 0.2) is 0 Å². The molecule has 5 nitrogen and oxygen atoms in total. The van der Waals surface area contributed by atoms with Crippen LogP contribution in [0.2, 0.25) is 0 Å². The number of aliphatic hydroxyl groups is 1. The molecule has 3 aromatic rings. The van der Waals surface area contributed by atoms with Gasteiger partial charge in [0.05, 0.1) is 0 Å². The van der Waals surface area contributed by atoms with Gasteiger partial charge in [0, 0.05) is 43.8 Å². The Balaban J connectivity index is 0.000000616. The van der Waals surface area contributed by atoms with Crippen molar-refractivity contribution in [3.8, 4) is 17.3 Å². The molecule has 0 saturated carbocycles. The molecule has 0 aliphatic carbocycles. The average Bonchev–Trinajstić information content (AvgIpc) is 3.26. The molecular weight excluding hydrogens is 488 g/mol. The number of hydrogen-bond acceptors (Lipinski definition) is 5. The number of allylic oxidation sites excluding steroid dienone is 2. The zero-order valence-electron chi connectivity index (χ0n) is 24.9. The van der Waals surface area contributed by atoms with Gasteiger partial charge in [-0.2, -0.15) is 5.26 Å². The molecule has 3 N–H and O–H groups in total. The third-order valence-corrected chi connectivity index (χ3v) is 6.65. The van der Waals surface area contributed by atoms with Gasteiger partial charge in [-0.3, -0.25) is 5.14 Å². The molecule has 208 valence electrons. The maximum atomic E-state index is 9.27. The number of benzene rings is 2. The normalized spacial score (nSPS) is 11.4. The molecule has 38 heavy (non-hydrogen) atoms. The first-order chi connectivity index (χ1) is 18.0. The second-order valence-electron chi connectivity index (χ2n) is 10.4. The van der Waals surface area contributed by atoms with Crippen molar-refractivity contribution >= 4 is 34.0 Å². The molecule has 0 atom stereocenters. The average molecular weight is 537 g/mol. The van der Waals surface area contributed by atoms with Gasteiger partial charge in [0.2, 0.25) is 0 Å². The Labute approximate surface area is 235 Å². The molecule has 0 aliphatic heterocycles. The summed E-state index contributed by atoms with van der Waals surface area (Å²) < 4.78 is 2.12. The highest BCUT2D eigenvalue weighted by atomic mass is 32.2. The van der Waals surface area contributed by atoms with Crippen LogP contribution in [0.4, 0.5) is 5.69 Å². The number of nitriles is 1. The predicted molar refractivity (Wildman–Crippen MR) is 169 cm³/mol. The topological polar surface area (TPSA) is 78.2 Å². The zero-order valence-corrected chi connectivity index (χ0v) is 25.7. The molecule has 6 heteroatoms. The molecule has 0 fully saturated rings. The molecule has 0 saturated heterocycles. The third kappa shape index (κ3) is 9.87. The Kier molecular flexibility index (Phi) is 14.9. The minimum atomic E-state index is 0.331. The third-order valence-electron chi connectivity index (χ3n) is 6.02. The van der Waals surface area contributed by atoms with E-state index in [0.29, 0.717) is 17.4 Å². The maximum Gasteiger partial charge on any atom is 0.108 e. The molecule has 1 heterocycles. The first-order valence-corrected chi connectivity index (χ1v) is 14.5. The lowest BCUT2D eigenvalue weighted by molar-refractivity contribution is 0.268. The van der Waals surface area contributed by atoms with Crippen LogP contribution in [0.3, 0.4) is 0 Å². The summed E-state index contributed by atoms with van der Waals surface area (Å²) in [6.07, 6.45) is 0.931. The lowest BCUT2D eigenvalue weighted by Gasteiger charge is -2.21. The Morgan fingerprint density at radius 3 is 2.05 bits per heavy atom. The van der Waals surface area contributed by atoms with Gasteiger partial charge >= 0.3 is 0 Å². The fraction of sp³-hybridized carbons (Fsp3) is 0.469. The van der Waals surface area contributed by atoms with Crippen LogP contribution >= 0.6 is 11.9 Å². The van der Waals surface area contributed by atoms with Crippen molar-refractivity contribution in [3.63, 3.8) is 0 Å². The lowest BCUT2D eigenvalue weighted by atomic mass is 10.0. The second kappa shape index (κ2) is 17.0. The highest BCUT2D eigenvalue weighted by Gasteiger charge is 2.12. The number of nitrogens with two attached hydrogens (primary N) is 1. The van der Waals surface area contributed by atoms with Gasteiger partial charge in [-0.05, 0) is 103 Å². The van der Waals surface area contributed by atoms with Crippen molar-refractivity contribution in [3.05, 3.63) is 59.1 Å². The Bertz CT molecular complexity index is 1200. The number of nitrogens with zero attached hydrogens (tertiary/aromatic N) is 3. The van der Waals surface area contributed by atoms with E-state index >= 15 is 0 Å². The first kappa shape index (κ1) is 33.3. The fourth-order valence-electron chi connectivity index (χ4n) is 3.93. The number of fused-ring (bicyclic) bond motifs is 1. The van der Waals surface area contributed by atoms with Gasteiger partial charge in [0.25, 0.3) is 0 Å². The molecule has 0 unspecified atom stereocenters. The van der Waals surface area contributed by atoms with E-state index in [1.165, 1.54) is 16.5 Å². The van der Waals surface area contributed by atoms with E-state index in [4.69, 9.17) is 10.2 Å². The summed E-state index contributed by atoms with van der Waals surface area (Å²) in [5.41, 5.74) is 5.43. The van der Waals surface area contributed by atoms with Crippen molar-refractivity contribution in [2.45, 2.75) is 61.8 Å². The van der Waals surface area contributed by atoms with Gasteiger partial charge in [-0.1, -0.05) is 52.8 Å². The first-order valence-electron chi connectivity index (χ1n) is 13.6. The van der Waals surface area contributed by atoms with E-state index < -0.39 is 0 Å². The molecule has 0 amide bonds. The number of rotatable bonds is 8. The van der Waals surface area contributed by atoms with Crippen LogP contribution in [0.25, 0.3) is 27.6 Å². The fourth-order valence-corrected chi connectivity index (χ4v) is 4.26. The quantitative estimate of drug-likeness (QED) is 0.224. The largest absolute Gasteiger partial charge is 0.396 e. The molecule has 3 rings (SSSR count). The number of aromatic nitrogens is 1. The molecule has 0 radical (unpaired) electrons. The number of aliphatic hydroxyl groups excluding tert-OH is 1. The second-order valence-corrected chi connectivity index (χ2v) is 11.0. The maximum absolute atomic E-state index is 9.27. The summed E-state index contributed by atoms with van der Waals surface area (Å²) in [6, 6.07) is 19.5. The van der Waals surface area contributed by atoms with E-state index in [-0.39, 0.29) is 0 Å². The SMILES string of the molecule is CC(C)C.CC(C)CCO.CCN(CC)c1ccc2cc(-c3ccc(/C(C)=C(\C#N)SN)n3C)ccc2c1. The van der Waals surface area contributed by atoms with Gasteiger partial charge in [-0.25, -0.2) is 0 Å². The number of anilines is 1. The van der Waals surface area contributed by atoms with E-state index in [2.05, 4.69) is 106 Å². The zero-order chi connectivity index (χ0) is 28.8. The van der Waals surface area contributed by atoms with Crippen molar-refractivity contribution in [1.82, 2.24) is 4.57 Å². The van der Waals surface area contributed by atoms with Gasteiger partial charge in [0.1, 0.15) is 11.0 Å². The van der Waals surface area contributed by atoms with Crippen molar-refractivity contribution in [2.75, 3.05) is 24.6 Å². The highest BCUT2D eigenvalue weighted by molar-refractivity contribution is 8.01. The predicted octanol–water partition coefficient (Wildman–Crippen LogP) is 8.24. The molecule has 0 bridgehead atoms. The summed E-state index contributed by atoms with van der Waals surface area (Å²) in [5.74, 6) is 1.48. The smallest absolute Gasteiger partial charge is 0.108 e. The molecular formula is C32H48N4OS. The van der Waals surface area contributed by atoms with Crippen LogP contribution in [-0.4, -0.2) is 29.4 Å². The Morgan fingerprint density at radius 2 is 1.58 bits per heavy atom. The van der Waals surface area contributed by atoms with E-state index in [1.54, 1.807) is 0 Å².